The highest BCUT2D eigenvalue weighted by molar-refractivity contribution is 5.99. The molecule has 1 aliphatic rings. The zero-order chi connectivity index (χ0) is 15.2. The van der Waals surface area contributed by atoms with E-state index in [1.165, 1.54) is 18.2 Å². The SMILES string of the molecule is Cl.Nc1ccc(O)cc1C(=O)NCCN1CCCC(CO)C1. The maximum atomic E-state index is 12.0. The molecule has 22 heavy (non-hydrogen) atoms. The van der Waals surface area contributed by atoms with Gasteiger partial charge in [0.1, 0.15) is 5.75 Å². The lowest BCUT2D eigenvalue weighted by atomic mass is 9.99. The Balaban J connectivity index is 0.00000242. The van der Waals surface area contributed by atoms with E-state index in [1.807, 2.05) is 0 Å². The largest absolute Gasteiger partial charge is 0.508 e. The molecule has 1 aromatic carbocycles. The lowest BCUT2D eigenvalue weighted by Gasteiger charge is -2.31. The van der Waals surface area contributed by atoms with Gasteiger partial charge in [0.25, 0.3) is 5.91 Å². The number of hydrogen-bond donors (Lipinski definition) is 4. The lowest BCUT2D eigenvalue weighted by Crippen LogP contribution is -2.41. The van der Waals surface area contributed by atoms with E-state index in [0.717, 1.165) is 32.5 Å². The van der Waals surface area contributed by atoms with Gasteiger partial charge in [0, 0.05) is 31.9 Å². The quantitative estimate of drug-likeness (QED) is 0.474. The van der Waals surface area contributed by atoms with Gasteiger partial charge in [0.05, 0.1) is 5.56 Å². The molecule has 1 atom stereocenters. The van der Waals surface area contributed by atoms with Gasteiger partial charge >= 0.3 is 0 Å². The number of aliphatic hydroxyl groups is 1. The summed E-state index contributed by atoms with van der Waals surface area (Å²) in [7, 11) is 0. The second-order valence-electron chi connectivity index (χ2n) is 5.52. The predicted octanol–water partition coefficient (Wildman–Crippen LogP) is 0.830. The number of piperidine rings is 1. The second-order valence-corrected chi connectivity index (χ2v) is 5.52. The number of carbonyl (C=O) groups excluding carboxylic acids is 1. The molecular formula is C15H24ClN3O3. The number of aromatic hydroxyl groups is 1. The number of carbonyl (C=O) groups is 1. The molecule has 2 rings (SSSR count). The van der Waals surface area contributed by atoms with Crippen LogP contribution in [0.15, 0.2) is 18.2 Å². The van der Waals surface area contributed by atoms with Crippen molar-refractivity contribution in [1.29, 1.82) is 0 Å². The van der Waals surface area contributed by atoms with Crippen LogP contribution in [0.5, 0.6) is 5.75 Å². The molecule has 5 N–H and O–H groups in total. The Labute approximate surface area is 136 Å². The lowest BCUT2D eigenvalue weighted by molar-refractivity contribution is 0.0931. The van der Waals surface area contributed by atoms with Gasteiger partial charge in [-0.25, -0.2) is 0 Å². The minimum Gasteiger partial charge on any atom is -0.508 e. The Morgan fingerprint density at radius 1 is 1.45 bits per heavy atom. The van der Waals surface area contributed by atoms with Gasteiger partial charge in [0.2, 0.25) is 0 Å². The Morgan fingerprint density at radius 3 is 2.95 bits per heavy atom. The molecule has 1 unspecified atom stereocenters. The van der Waals surface area contributed by atoms with Crippen molar-refractivity contribution >= 4 is 24.0 Å². The van der Waals surface area contributed by atoms with E-state index in [0.29, 0.717) is 23.7 Å². The number of anilines is 1. The van der Waals surface area contributed by atoms with Gasteiger partial charge in [-0.3, -0.25) is 4.79 Å². The first kappa shape index (κ1) is 18.5. The summed E-state index contributed by atoms with van der Waals surface area (Å²) in [5.41, 5.74) is 6.37. The maximum absolute atomic E-state index is 12.0. The van der Waals surface area contributed by atoms with E-state index < -0.39 is 0 Å². The highest BCUT2D eigenvalue weighted by atomic mass is 35.5. The highest BCUT2D eigenvalue weighted by Crippen LogP contribution is 2.18. The molecule has 1 amide bonds. The molecule has 6 nitrogen and oxygen atoms in total. The standard InChI is InChI=1S/C15H23N3O3.ClH/c16-14-4-3-12(20)8-13(14)15(21)17-5-7-18-6-1-2-11(9-18)10-19;/h3-4,8,11,19-20H,1-2,5-7,9-10,16H2,(H,17,21);1H. The van der Waals surface area contributed by atoms with Crippen LogP contribution in [0.3, 0.4) is 0 Å². The number of halogens is 1. The molecule has 0 radical (unpaired) electrons. The van der Waals surface area contributed by atoms with Crippen molar-refractivity contribution in [2.24, 2.45) is 5.92 Å². The third kappa shape index (κ3) is 5.05. The van der Waals surface area contributed by atoms with Crippen LogP contribution in [0.4, 0.5) is 5.69 Å². The molecule has 0 aliphatic carbocycles. The van der Waals surface area contributed by atoms with Crippen LogP contribution in [0.1, 0.15) is 23.2 Å². The zero-order valence-electron chi connectivity index (χ0n) is 12.5. The molecule has 1 aliphatic heterocycles. The fourth-order valence-electron chi connectivity index (χ4n) is 2.67. The molecule has 0 bridgehead atoms. The number of hydrogen-bond acceptors (Lipinski definition) is 5. The van der Waals surface area contributed by atoms with E-state index in [2.05, 4.69) is 10.2 Å². The molecule has 1 saturated heterocycles. The number of benzene rings is 1. The molecule has 1 fully saturated rings. The van der Waals surface area contributed by atoms with Crippen molar-refractivity contribution in [3.63, 3.8) is 0 Å². The molecule has 7 heteroatoms. The number of aliphatic hydroxyl groups excluding tert-OH is 1. The number of rotatable bonds is 5. The fraction of sp³-hybridized carbons (Fsp3) is 0.533. The number of amides is 1. The van der Waals surface area contributed by atoms with Gasteiger partial charge < -0.3 is 26.2 Å². The summed E-state index contributed by atoms with van der Waals surface area (Å²) in [5.74, 6) is 0.0893. The van der Waals surface area contributed by atoms with Crippen molar-refractivity contribution in [2.45, 2.75) is 12.8 Å². The number of nitrogens with one attached hydrogen (secondary N) is 1. The first-order valence-corrected chi connectivity index (χ1v) is 7.30. The molecule has 124 valence electrons. The van der Waals surface area contributed by atoms with Gasteiger partial charge in [-0.15, -0.1) is 12.4 Å². The summed E-state index contributed by atoms with van der Waals surface area (Å²) in [6.07, 6.45) is 2.15. The maximum Gasteiger partial charge on any atom is 0.253 e. The van der Waals surface area contributed by atoms with E-state index in [4.69, 9.17) is 5.73 Å². The Morgan fingerprint density at radius 2 is 2.23 bits per heavy atom. The first-order chi connectivity index (χ1) is 10.1. The summed E-state index contributed by atoms with van der Waals surface area (Å²) >= 11 is 0. The van der Waals surface area contributed by atoms with Crippen LogP contribution in [-0.4, -0.2) is 53.8 Å². The van der Waals surface area contributed by atoms with Gasteiger partial charge in [-0.05, 0) is 43.5 Å². The fourth-order valence-corrected chi connectivity index (χ4v) is 2.67. The predicted molar refractivity (Wildman–Crippen MR) is 88.4 cm³/mol. The van der Waals surface area contributed by atoms with E-state index in [1.54, 1.807) is 0 Å². The van der Waals surface area contributed by atoms with E-state index in [-0.39, 0.29) is 30.7 Å². The highest BCUT2D eigenvalue weighted by Gasteiger charge is 2.19. The first-order valence-electron chi connectivity index (χ1n) is 7.30. The average Bonchev–Trinajstić information content (AvgIpc) is 2.49. The van der Waals surface area contributed by atoms with Crippen LogP contribution in [0.2, 0.25) is 0 Å². The zero-order valence-corrected chi connectivity index (χ0v) is 13.3. The number of likely N-dealkylation sites (tertiary alicyclic amines) is 1. The Kier molecular flexibility index (Phi) is 7.44. The Bertz CT molecular complexity index is 499. The number of nitrogen functional groups attached to an aromatic ring is 1. The molecule has 1 aromatic rings. The summed E-state index contributed by atoms with van der Waals surface area (Å²) in [6, 6.07) is 4.34. The molecule has 1 heterocycles. The summed E-state index contributed by atoms with van der Waals surface area (Å²) in [6.45, 7) is 3.37. The van der Waals surface area contributed by atoms with Crippen LogP contribution in [0, 0.1) is 5.92 Å². The number of phenolic OH excluding ortho intramolecular Hbond substituents is 1. The van der Waals surface area contributed by atoms with E-state index in [9.17, 15) is 15.0 Å². The van der Waals surface area contributed by atoms with Gasteiger partial charge in [-0.2, -0.15) is 0 Å². The summed E-state index contributed by atoms with van der Waals surface area (Å²) < 4.78 is 0. The van der Waals surface area contributed by atoms with Crippen molar-refractivity contribution in [1.82, 2.24) is 10.2 Å². The third-order valence-corrected chi connectivity index (χ3v) is 3.86. The van der Waals surface area contributed by atoms with E-state index >= 15 is 0 Å². The molecule has 0 spiro atoms. The van der Waals surface area contributed by atoms with Crippen LogP contribution in [-0.2, 0) is 0 Å². The van der Waals surface area contributed by atoms with Crippen molar-refractivity contribution < 1.29 is 15.0 Å². The van der Waals surface area contributed by atoms with Gasteiger partial charge in [-0.1, -0.05) is 0 Å². The van der Waals surface area contributed by atoms with Crippen LogP contribution < -0.4 is 11.1 Å². The summed E-state index contributed by atoms with van der Waals surface area (Å²) in [4.78, 5) is 14.3. The third-order valence-electron chi connectivity index (χ3n) is 3.86. The van der Waals surface area contributed by atoms with Crippen LogP contribution >= 0.6 is 12.4 Å². The topological polar surface area (TPSA) is 98.8 Å². The number of phenols is 1. The van der Waals surface area contributed by atoms with Crippen LogP contribution in [0.25, 0.3) is 0 Å². The smallest absolute Gasteiger partial charge is 0.253 e. The minimum atomic E-state index is -0.279. The van der Waals surface area contributed by atoms with Crippen molar-refractivity contribution in [3.05, 3.63) is 23.8 Å². The summed E-state index contributed by atoms with van der Waals surface area (Å²) in [5, 5.41) is 21.4. The second kappa shape index (κ2) is 8.82. The van der Waals surface area contributed by atoms with Crippen molar-refractivity contribution in [3.8, 4) is 5.75 Å². The monoisotopic (exact) mass is 329 g/mol. The minimum absolute atomic E-state index is 0. The average molecular weight is 330 g/mol. The van der Waals surface area contributed by atoms with Crippen molar-refractivity contribution in [2.75, 3.05) is 38.5 Å². The molecule has 0 aromatic heterocycles. The van der Waals surface area contributed by atoms with Gasteiger partial charge in [0.15, 0.2) is 0 Å². The normalized spacial score (nSPS) is 18.5. The number of nitrogens with zero attached hydrogens (tertiary/aromatic N) is 1. The molecule has 0 saturated carbocycles. The Hall–Kier alpha value is -1.50. The molecular weight excluding hydrogens is 306 g/mol. The number of nitrogens with two attached hydrogens (primary N) is 1.